The Bertz CT molecular complexity index is 1560. The lowest BCUT2D eigenvalue weighted by molar-refractivity contribution is -0.0485. The molecule has 1 aliphatic rings. The van der Waals surface area contributed by atoms with Gasteiger partial charge in [0.25, 0.3) is 0 Å². The maximum Gasteiger partial charge on any atom is 0.511 e. The van der Waals surface area contributed by atoms with Crippen molar-refractivity contribution in [2.24, 2.45) is 7.05 Å². The molecule has 0 saturated carbocycles. The summed E-state index contributed by atoms with van der Waals surface area (Å²) in [5, 5.41) is 8.49. The van der Waals surface area contributed by atoms with E-state index in [4.69, 9.17) is 11.6 Å². The molecule has 1 saturated heterocycles. The number of imidazole rings is 1. The van der Waals surface area contributed by atoms with Crippen LogP contribution in [-0.2, 0) is 22.6 Å². The second kappa shape index (κ2) is 7.89. The highest BCUT2D eigenvalue weighted by Crippen LogP contribution is 2.37. The summed E-state index contributed by atoms with van der Waals surface area (Å²) >= 11 is 0. The third-order valence-electron chi connectivity index (χ3n) is 6.02. The molecule has 0 radical (unpaired) electrons. The van der Waals surface area contributed by atoms with Crippen molar-refractivity contribution in [1.29, 1.82) is 0 Å². The number of hydrogen-bond acceptors (Lipinski definition) is 6. The fourth-order valence-corrected chi connectivity index (χ4v) is 5.27. The first-order chi connectivity index (χ1) is 16.5. The number of alkyl halides is 3. The number of sulfonamides is 1. The van der Waals surface area contributed by atoms with Gasteiger partial charge in [-0.25, -0.2) is 25.0 Å². The van der Waals surface area contributed by atoms with Crippen LogP contribution in [0.25, 0.3) is 33.1 Å². The van der Waals surface area contributed by atoms with Crippen molar-refractivity contribution in [3.05, 3.63) is 54.7 Å². The first-order valence-electron chi connectivity index (χ1n) is 10.3. The zero-order valence-corrected chi connectivity index (χ0v) is 19.1. The number of rotatable bonds is 5. The van der Waals surface area contributed by atoms with Crippen molar-refractivity contribution in [2.45, 2.75) is 17.5 Å². The third-order valence-corrected chi connectivity index (χ3v) is 7.60. The highest BCUT2D eigenvalue weighted by Gasteiger charge is 2.56. The average Bonchev–Trinajstić information content (AvgIpc) is 3.58. The predicted molar refractivity (Wildman–Crippen MR) is 117 cm³/mol. The molecule has 15 heteroatoms. The Labute approximate surface area is 197 Å². The van der Waals surface area contributed by atoms with Crippen molar-refractivity contribution < 1.29 is 21.6 Å². The minimum absolute atomic E-state index is 0.00937. The van der Waals surface area contributed by atoms with Crippen molar-refractivity contribution >= 4 is 15.7 Å². The van der Waals surface area contributed by atoms with E-state index in [0.717, 1.165) is 5.56 Å². The number of hydrogen-bond donors (Lipinski definition) is 0. The smallest absolute Gasteiger partial charge is 0.314 e. The van der Waals surface area contributed by atoms with E-state index in [0.29, 0.717) is 27.0 Å². The summed E-state index contributed by atoms with van der Waals surface area (Å²) in [5.74, 6) is 0.473. The van der Waals surface area contributed by atoms with Gasteiger partial charge in [-0.1, -0.05) is 0 Å². The molecule has 4 aromatic heterocycles. The van der Waals surface area contributed by atoms with Gasteiger partial charge in [0.1, 0.15) is 17.0 Å². The number of nitrogens with zero attached hydrogens (tertiary/aromatic N) is 9. The van der Waals surface area contributed by atoms with E-state index in [1.54, 1.807) is 53.2 Å². The van der Waals surface area contributed by atoms with Crippen LogP contribution in [-0.4, -0.2) is 71.8 Å². The molecule has 0 aromatic carbocycles. The highest BCUT2D eigenvalue weighted by molar-refractivity contribution is 7.90. The Morgan fingerprint density at radius 1 is 1.20 bits per heavy atom. The lowest BCUT2D eigenvalue weighted by Gasteiger charge is -2.25. The van der Waals surface area contributed by atoms with Gasteiger partial charge in [-0.05, 0) is 6.42 Å². The monoisotopic (exact) mass is 505 g/mol. The first kappa shape index (κ1) is 23.0. The SMILES string of the molecule is [C-]#[N+]CC1(n2cc(-c3nc(-c4cnn(C)c4)cc4nccn34)cn2)CCN(S(=O)(=O)C(F)(F)F)C1. The first-order valence-corrected chi connectivity index (χ1v) is 11.8. The maximum absolute atomic E-state index is 13.1. The van der Waals surface area contributed by atoms with Crippen molar-refractivity contribution in [3.8, 4) is 22.6 Å². The summed E-state index contributed by atoms with van der Waals surface area (Å²) in [6.45, 7) is 6.22. The predicted octanol–water partition coefficient (Wildman–Crippen LogP) is 2.16. The largest absolute Gasteiger partial charge is 0.511 e. The van der Waals surface area contributed by atoms with E-state index in [1.165, 1.54) is 10.9 Å². The van der Waals surface area contributed by atoms with Crippen LogP contribution in [0.3, 0.4) is 0 Å². The van der Waals surface area contributed by atoms with Gasteiger partial charge >= 0.3 is 15.5 Å². The number of halogens is 3. The number of fused-ring (bicyclic) bond motifs is 1. The summed E-state index contributed by atoms with van der Waals surface area (Å²) in [5.41, 5.74) is -4.15. The van der Waals surface area contributed by atoms with Crippen LogP contribution in [0, 0.1) is 6.57 Å². The van der Waals surface area contributed by atoms with E-state index in [2.05, 4.69) is 20.0 Å². The number of aryl methyl sites for hydroxylation is 1. The van der Waals surface area contributed by atoms with Gasteiger partial charge in [-0.15, -0.1) is 0 Å². The topological polar surface area (TPSA) is 108 Å². The molecule has 1 unspecified atom stereocenters. The summed E-state index contributed by atoms with van der Waals surface area (Å²) in [7, 11) is -3.74. The van der Waals surface area contributed by atoms with E-state index in [1.807, 2.05) is 0 Å². The fraction of sp³-hybridized carbons (Fsp3) is 0.350. The number of aromatic nitrogens is 7. The second-order valence-corrected chi connectivity index (χ2v) is 10.2. The summed E-state index contributed by atoms with van der Waals surface area (Å²) in [6, 6.07) is 1.79. The summed E-state index contributed by atoms with van der Waals surface area (Å²) < 4.78 is 68.4. The van der Waals surface area contributed by atoms with E-state index in [-0.39, 0.29) is 19.5 Å². The molecule has 5 rings (SSSR count). The molecule has 1 atom stereocenters. The molecule has 0 aliphatic carbocycles. The van der Waals surface area contributed by atoms with Crippen LogP contribution in [0.1, 0.15) is 6.42 Å². The molecule has 1 fully saturated rings. The second-order valence-electron chi connectivity index (χ2n) is 8.27. The minimum atomic E-state index is -5.52. The van der Waals surface area contributed by atoms with Gasteiger partial charge in [-0.3, -0.25) is 13.8 Å². The average molecular weight is 505 g/mol. The fourth-order valence-electron chi connectivity index (χ4n) is 4.23. The zero-order valence-electron chi connectivity index (χ0n) is 18.3. The van der Waals surface area contributed by atoms with Crippen LogP contribution in [0.4, 0.5) is 13.2 Å². The van der Waals surface area contributed by atoms with Gasteiger partial charge in [0, 0.05) is 56.6 Å². The molecule has 1 aliphatic heterocycles. The van der Waals surface area contributed by atoms with Crippen LogP contribution in [0.5, 0.6) is 0 Å². The van der Waals surface area contributed by atoms with Gasteiger partial charge in [0.15, 0.2) is 0 Å². The molecule has 11 nitrogen and oxygen atoms in total. The maximum atomic E-state index is 13.1. The Morgan fingerprint density at radius 2 is 1.97 bits per heavy atom. The highest BCUT2D eigenvalue weighted by atomic mass is 32.2. The molecule has 182 valence electrons. The molecule has 0 bridgehead atoms. The van der Waals surface area contributed by atoms with Crippen LogP contribution < -0.4 is 0 Å². The lowest BCUT2D eigenvalue weighted by Crippen LogP contribution is -2.44. The summed E-state index contributed by atoms with van der Waals surface area (Å²) in [6.07, 6.45) is 9.85. The quantitative estimate of drug-likeness (QED) is 0.385. The Kier molecular flexibility index (Phi) is 5.18. The Morgan fingerprint density at radius 3 is 2.66 bits per heavy atom. The molecule has 0 amide bonds. The molecule has 35 heavy (non-hydrogen) atoms. The van der Waals surface area contributed by atoms with Crippen LogP contribution in [0.2, 0.25) is 0 Å². The van der Waals surface area contributed by atoms with E-state index >= 15 is 0 Å². The van der Waals surface area contributed by atoms with Gasteiger partial charge < -0.3 is 4.85 Å². The van der Waals surface area contributed by atoms with E-state index < -0.39 is 27.6 Å². The molecule has 4 aromatic rings. The summed E-state index contributed by atoms with van der Waals surface area (Å²) in [4.78, 5) is 12.4. The van der Waals surface area contributed by atoms with Crippen LogP contribution in [0.15, 0.2) is 43.2 Å². The Balaban J connectivity index is 1.56. The molecular formula is C20H18F3N9O2S. The van der Waals surface area contributed by atoms with Crippen molar-refractivity contribution in [2.75, 3.05) is 19.6 Å². The van der Waals surface area contributed by atoms with Crippen molar-refractivity contribution in [3.63, 3.8) is 0 Å². The third kappa shape index (κ3) is 3.74. The van der Waals surface area contributed by atoms with Gasteiger partial charge in [-0.2, -0.15) is 27.7 Å². The standard InChI is InChI=1S/C20H18F3N9O2S/c1-24-12-19(3-5-30(13-19)35(33,34)20(21,22)23)32-11-15(9-27-32)18-28-16(14-8-26-29(2)10-14)7-17-25-4-6-31(17)18/h4,6-11H,3,5,12-13H2,2H3. The van der Waals surface area contributed by atoms with Gasteiger partial charge in [0.2, 0.25) is 6.54 Å². The normalized spacial score (nSPS) is 19.4. The lowest BCUT2D eigenvalue weighted by atomic mass is 9.99. The molecule has 0 spiro atoms. The molecular weight excluding hydrogens is 487 g/mol. The molecule has 5 heterocycles. The Hall–Kier alpha value is -3.77. The van der Waals surface area contributed by atoms with Crippen LogP contribution >= 0.6 is 0 Å². The zero-order chi connectivity index (χ0) is 25.0. The minimum Gasteiger partial charge on any atom is -0.314 e. The molecule has 0 N–H and O–H groups in total. The van der Waals surface area contributed by atoms with Crippen molar-refractivity contribution in [1.82, 2.24) is 38.2 Å². The van der Waals surface area contributed by atoms with E-state index in [9.17, 15) is 21.6 Å². The van der Waals surface area contributed by atoms with Gasteiger partial charge in [0.05, 0.1) is 23.7 Å².